The first kappa shape index (κ1) is 16.1. The maximum atomic E-state index is 12.3. The summed E-state index contributed by atoms with van der Waals surface area (Å²) < 4.78 is 5.54. The second kappa shape index (κ2) is 8.22. The average molecular weight is 298 g/mol. The van der Waals surface area contributed by atoms with Gasteiger partial charge in [-0.1, -0.05) is 0 Å². The van der Waals surface area contributed by atoms with E-state index in [2.05, 4.69) is 5.32 Å². The van der Waals surface area contributed by atoms with Crippen molar-refractivity contribution in [3.8, 4) is 0 Å². The van der Waals surface area contributed by atoms with Crippen molar-refractivity contribution in [1.82, 2.24) is 10.2 Å². The van der Waals surface area contributed by atoms with Crippen molar-refractivity contribution in [2.24, 2.45) is 0 Å². The molecule has 2 unspecified atom stereocenters. The highest BCUT2D eigenvalue weighted by Gasteiger charge is 2.27. The van der Waals surface area contributed by atoms with Crippen LogP contribution in [0.4, 0.5) is 4.79 Å². The number of carboxylic acids is 1. The molecule has 0 bridgehead atoms. The summed E-state index contributed by atoms with van der Waals surface area (Å²) in [5.74, 6) is -0.792. The molecular formula is C15H26N2O4. The second-order valence-corrected chi connectivity index (χ2v) is 5.93. The molecule has 2 rings (SSSR count). The lowest BCUT2D eigenvalue weighted by atomic mass is 9.98. The van der Waals surface area contributed by atoms with Crippen molar-refractivity contribution in [3.63, 3.8) is 0 Å². The lowest BCUT2D eigenvalue weighted by Crippen LogP contribution is -2.49. The number of amides is 2. The van der Waals surface area contributed by atoms with Crippen LogP contribution in [-0.2, 0) is 9.53 Å². The molecule has 0 aromatic carbocycles. The number of carboxylic acid groups (broad SMARTS) is 1. The topological polar surface area (TPSA) is 78.9 Å². The summed E-state index contributed by atoms with van der Waals surface area (Å²) in [7, 11) is 0. The number of urea groups is 1. The first-order chi connectivity index (χ1) is 10.2. The van der Waals surface area contributed by atoms with Gasteiger partial charge in [-0.05, 0) is 44.9 Å². The molecule has 120 valence electrons. The van der Waals surface area contributed by atoms with Crippen LogP contribution < -0.4 is 5.32 Å². The maximum Gasteiger partial charge on any atom is 0.317 e. The lowest BCUT2D eigenvalue weighted by molar-refractivity contribution is -0.137. The predicted octanol–water partition coefficient (Wildman–Crippen LogP) is 1.98. The highest BCUT2D eigenvalue weighted by Crippen LogP contribution is 2.21. The fourth-order valence-corrected chi connectivity index (χ4v) is 3.17. The number of nitrogens with zero attached hydrogens (tertiary/aromatic N) is 1. The van der Waals surface area contributed by atoms with E-state index in [0.29, 0.717) is 13.0 Å². The number of aliphatic carboxylic acids is 1. The largest absolute Gasteiger partial charge is 0.481 e. The normalized spacial score (nSPS) is 25.8. The molecule has 0 aromatic heterocycles. The molecule has 2 saturated heterocycles. The Labute approximate surface area is 125 Å². The number of nitrogens with one attached hydrogen (secondary N) is 1. The van der Waals surface area contributed by atoms with Crippen LogP contribution in [0.3, 0.4) is 0 Å². The number of hydrogen-bond donors (Lipinski definition) is 2. The van der Waals surface area contributed by atoms with E-state index in [1.165, 1.54) is 0 Å². The Morgan fingerprint density at radius 3 is 2.76 bits per heavy atom. The Hall–Kier alpha value is -1.30. The average Bonchev–Trinajstić information content (AvgIpc) is 2.98. The minimum absolute atomic E-state index is 0.0527. The third-order valence-electron chi connectivity index (χ3n) is 4.35. The minimum Gasteiger partial charge on any atom is -0.481 e. The van der Waals surface area contributed by atoms with Crippen LogP contribution in [0.5, 0.6) is 0 Å². The van der Waals surface area contributed by atoms with E-state index in [9.17, 15) is 9.59 Å². The summed E-state index contributed by atoms with van der Waals surface area (Å²) in [4.78, 5) is 24.8. The Balaban J connectivity index is 1.73. The molecule has 0 aliphatic carbocycles. The molecule has 21 heavy (non-hydrogen) atoms. The summed E-state index contributed by atoms with van der Waals surface area (Å²) in [6.45, 7) is 2.20. The van der Waals surface area contributed by atoms with Crippen LogP contribution in [0.2, 0.25) is 0 Å². The smallest absolute Gasteiger partial charge is 0.317 e. The van der Waals surface area contributed by atoms with Crippen LogP contribution in [0.25, 0.3) is 0 Å². The van der Waals surface area contributed by atoms with Gasteiger partial charge in [-0.3, -0.25) is 4.79 Å². The SMILES string of the molecule is O=C(O)CCC1CCCCN1C(=O)NCCC1CCCO1. The van der Waals surface area contributed by atoms with Gasteiger partial charge in [0.25, 0.3) is 0 Å². The molecule has 2 aliphatic rings. The van der Waals surface area contributed by atoms with Gasteiger partial charge in [0.2, 0.25) is 0 Å². The summed E-state index contributed by atoms with van der Waals surface area (Å²) in [6, 6.07) is 0.0145. The molecule has 6 nitrogen and oxygen atoms in total. The van der Waals surface area contributed by atoms with Crippen molar-refractivity contribution in [1.29, 1.82) is 0 Å². The third kappa shape index (κ3) is 5.19. The maximum absolute atomic E-state index is 12.3. The van der Waals surface area contributed by atoms with Gasteiger partial charge in [0.15, 0.2) is 0 Å². The molecule has 2 amide bonds. The van der Waals surface area contributed by atoms with Crippen LogP contribution in [0.15, 0.2) is 0 Å². The fraction of sp³-hybridized carbons (Fsp3) is 0.867. The first-order valence-corrected chi connectivity index (χ1v) is 8.04. The predicted molar refractivity (Wildman–Crippen MR) is 78.2 cm³/mol. The van der Waals surface area contributed by atoms with Crippen LogP contribution in [0, 0.1) is 0 Å². The molecule has 0 saturated carbocycles. The number of ether oxygens (including phenoxy) is 1. The molecule has 2 fully saturated rings. The Morgan fingerprint density at radius 2 is 2.05 bits per heavy atom. The van der Waals surface area contributed by atoms with Crippen LogP contribution in [0.1, 0.15) is 51.4 Å². The summed E-state index contributed by atoms with van der Waals surface area (Å²) >= 11 is 0. The zero-order valence-electron chi connectivity index (χ0n) is 12.6. The summed E-state index contributed by atoms with van der Waals surface area (Å²) in [5, 5.41) is 11.8. The Kier molecular flexibility index (Phi) is 6.29. The molecule has 0 spiro atoms. The van der Waals surface area contributed by atoms with E-state index in [-0.39, 0.29) is 24.6 Å². The quantitative estimate of drug-likeness (QED) is 0.786. The van der Waals surface area contributed by atoms with Gasteiger partial charge in [-0.15, -0.1) is 0 Å². The second-order valence-electron chi connectivity index (χ2n) is 5.93. The fourth-order valence-electron chi connectivity index (χ4n) is 3.17. The molecular weight excluding hydrogens is 272 g/mol. The molecule has 2 heterocycles. The number of carbonyl (C=O) groups excluding carboxylic acids is 1. The molecule has 0 aromatic rings. The molecule has 2 N–H and O–H groups in total. The Morgan fingerprint density at radius 1 is 1.19 bits per heavy atom. The highest BCUT2D eigenvalue weighted by molar-refractivity contribution is 5.74. The molecule has 6 heteroatoms. The van der Waals surface area contributed by atoms with Gasteiger partial charge in [0, 0.05) is 32.2 Å². The highest BCUT2D eigenvalue weighted by atomic mass is 16.5. The van der Waals surface area contributed by atoms with Gasteiger partial charge in [-0.2, -0.15) is 0 Å². The van der Waals surface area contributed by atoms with Crippen molar-refractivity contribution in [2.75, 3.05) is 19.7 Å². The van der Waals surface area contributed by atoms with Crippen molar-refractivity contribution in [2.45, 2.75) is 63.5 Å². The molecule has 2 aliphatic heterocycles. The van der Waals surface area contributed by atoms with Gasteiger partial charge >= 0.3 is 12.0 Å². The summed E-state index contributed by atoms with van der Waals surface area (Å²) in [5.41, 5.74) is 0. The lowest BCUT2D eigenvalue weighted by Gasteiger charge is -2.35. The van der Waals surface area contributed by atoms with E-state index in [1.54, 1.807) is 0 Å². The van der Waals surface area contributed by atoms with Crippen molar-refractivity contribution in [3.05, 3.63) is 0 Å². The zero-order valence-corrected chi connectivity index (χ0v) is 12.6. The molecule has 2 atom stereocenters. The van der Waals surface area contributed by atoms with Gasteiger partial charge < -0.3 is 20.1 Å². The number of carbonyl (C=O) groups is 2. The Bertz CT molecular complexity index is 356. The number of likely N-dealkylation sites (tertiary alicyclic amines) is 1. The van der Waals surface area contributed by atoms with Gasteiger partial charge in [-0.25, -0.2) is 4.79 Å². The third-order valence-corrected chi connectivity index (χ3v) is 4.35. The van der Waals surface area contributed by atoms with E-state index in [0.717, 1.165) is 51.7 Å². The van der Waals surface area contributed by atoms with E-state index < -0.39 is 5.97 Å². The van der Waals surface area contributed by atoms with E-state index in [1.807, 2.05) is 4.90 Å². The van der Waals surface area contributed by atoms with E-state index >= 15 is 0 Å². The number of hydrogen-bond acceptors (Lipinski definition) is 3. The van der Waals surface area contributed by atoms with E-state index in [4.69, 9.17) is 9.84 Å². The van der Waals surface area contributed by atoms with Crippen LogP contribution >= 0.6 is 0 Å². The minimum atomic E-state index is -0.792. The number of rotatable bonds is 6. The van der Waals surface area contributed by atoms with Crippen molar-refractivity contribution < 1.29 is 19.4 Å². The van der Waals surface area contributed by atoms with Gasteiger partial charge in [0.1, 0.15) is 0 Å². The summed E-state index contributed by atoms with van der Waals surface area (Å²) in [6.07, 6.45) is 7.01. The van der Waals surface area contributed by atoms with Crippen LogP contribution in [-0.4, -0.2) is 53.8 Å². The number of piperidine rings is 1. The standard InChI is InChI=1S/C15H26N2O4/c18-14(19)7-6-12-4-1-2-10-17(12)15(20)16-9-8-13-5-3-11-21-13/h12-13H,1-11H2,(H,16,20)(H,18,19). The van der Waals surface area contributed by atoms with Crippen molar-refractivity contribution >= 4 is 12.0 Å². The van der Waals surface area contributed by atoms with Gasteiger partial charge in [0.05, 0.1) is 6.10 Å². The monoisotopic (exact) mass is 298 g/mol. The molecule has 0 radical (unpaired) electrons. The first-order valence-electron chi connectivity index (χ1n) is 8.04. The zero-order chi connectivity index (χ0) is 15.1.